The van der Waals surface area contributed by atoms with Crippen LogP contribution in [0, 0.1) is 0 Å². The fourth-order valence-electron chi connectivity index (χ4n) is 1.94. The third-order valence-corrected chi connectivity index (χ3v) is 3.30. The van der Waals surface area contributed by atoms with E-state index in [0.29, 0.717) is 18.4 Å². The summed E-state index contributed by atoms with van der Waals surface area (Å²) in [6.07, 6.45) is 4.27. The second-order valence-corrected chi connectivity index (χ2v) is 6.18. The Morgan fingerprint density at radius 2 is 2.00 bits per heavy atom. The first-order chi connectivity index (χ1) is 11.3. The summed E-state index contributed by atoms with van der Waals surface area (Å²) in [5.74, 6) is 1.98. The number of oxazole rings is 1. The van der Waals surface area contributed by atoms with E-state index in [1.165, 1.54) is 12.4 Å². The van der Waals surface area contributed by atoms with E-state index in [-0.39, 0.29) is 17.8 Å². The van der Waals surface area contributed by atoms with Gasteiger partial charge in [0.15, 0.2) is 5.96 Å². The van der Waals surface area contributed by atoms with Crippen LogP contribution in [0.25, 0.3) is 0 Å². The molecule has 0 amide bonds. The normalized spacial score (nSPS) is 12.7. The van der Waals surface area contributed by atoms with Crippen molar-refractivity contribution in [3.63, 3.8) is 0 Å². The number of hydrogen-bond donors (Lipinski definition) is 2. The van der Waals surface area contributed by atoms with Gasteiger partial charge in [-0.3, -0.25) is 9.56 Å². The number of aliphatic imine (C=N–C) groups is 1. The molecule has 0 aliphatic heterocycles. The number of aromatic nitrogens is 3. The van der Waals surface area contributed by atoms with Gasteiger partial charge in [0.25, 0.3) is 0 Å². The highest BCUT2D eigenvalue weighted by Gasteiger charge is 2.19. The van der Waals surface area contributed by atoms with Gasteiger partial charge in [0, 0.05) is 24.9 Å². The van der Waals surface area contributed by atoms with Crippen molar-refractivity contribution in [3.05, 3.63) is 36.1 Å². The molecule has 0 fully saturated rings. The van der Waals surface area contributed by atoms with Crippen molar-refractivity contribution in [2.24, 2.45) is 4.99 Å². The number of imidazole rings is 1. The highest BCUT2D eigenvalue weighted by atomic mass is 19.3. The molecule has 2 N–H and O–H groups in total. The fraction of sp³-hybridized carbons (Fsp3) is 0.533. The summed E-state index contributed by atoms with van der Waals surface area (Å²) in [6, 6.07) is 0. The summed E-state index contributed by atoms with van der Waals surface area (Å²) in [5, 5.41) is 5.95. The molecule has 0 aliphatic carbocycles. The molecular formula is C15H22F2N6O. The second kappa shape index (κ2) is 7.41. The van der Waals surface area contributed by atoms with E-state index in [0.717, 1.165) is 10.3 Å². The topological polar surface area (TPSA) is 80.3 Å². The fourth-order valence-corrected chi connectivity index (χ4v) is 1.94. The molecular weight excluding hydrogens is 318 g/mol. The zero-order valence-corrected chi connectivity index (χ0v) is 14.2. The lowest BCUT2D eigenvalue weighted by molar-refractivity contribution is 0.0668. The van der Waals surface area contributed by atoms with Crippen LogP contribution >= 0.6 is 0 Å². The predicted molar refractivity (Wildman–Crippen MR) is 85.7 cm³/mol. The third-order valence-electron chi connectivity index (χ3n) is 3.30. The van der Waals surface area contributed by atoms with Crippen LogP contribution in [0.1, 0.15) is 44.8 Å². The van der Waals surface area contributed by atoms with E-state index in [9.17, 15) is 8.78 Å². The van der Waals surface area contributed by atoms with Gasteiger partial charge in [-0.1, -0.05) is 20.8 Å². The van der Waals surface area contributed by atoms with Gasteiger partial charge in [-0.2, -0.15) is 8.78 Å². The van der Waals surface area contributed by atoms with Gasteiger partial charge < -0.3 is 15.1 Å². The van der Waals surface area contributed by atoms with Crippen LogP contribution in [0.3, 0.4) is 0 Å². The number of guanidine groups is 1. The summed E-state index contributed by atoms with van der Waals surface area (Å²) < 4.78 is 32.0. The van der Waals surface area contributed by atoms with E-state index in [2.05, 4.69) is 25.6 Å². The van der Waals surface area contributed by atoms with Crippen LogP contribution in [0.4, 0.5) is 8.78 Å². The van der Waals surface area contributed by atoms with Gasteiger partial charge in [0.1, 0.15) is 11.6 Å². The standard InChI is InChI=1S/C15H22F2N6O/c1-15(2,3)10-7-20-12(24-10)9-22-14(18-4)21-8-11-19-5-6-23(11)13(16)17/h5-7,13H,8-9H2,1-4H3,(H2,18,21,22). The molecule has 0 saturated heterocycles. The smallest absolute Gasteiger partial charge is 0.319 e. The van der Waals surface area contributed by atoms with Gasteiger partial charge in [-0.05, 0) is 0 Å². The molecule has 2 rings (SSSR count). The Kier molecular flexibility index (Phi) is 5.53. The number of nitrogens with one attached hydrogen (secondary N) is 2. The summed E-state index contributed by atoms with van der Waals surface area (Å²) in [5.41, 5.74) is -0.114. The Morgan fingerprint density at radius 1 is 1.29 bits per heavy atom. The highest BCUT2D eigenvalue weighted by Crippen LogP contribution is 2.22. The quantitative estimate of drug-likeness (QED) is 0.645. The summed E-state index contributed by atoms with van der Waals surface area (Å²) in [7, 11) is 1.59. The minimum atomic E-state index is -2.62. The lowest BCUT2D eigenvalue weighted by Crippen LogP contribution is -2.37. The number of halogens is 2. The molecule has 0 aliphatic rings. The zero-order valence-electron chi connectivity index (χ0n) is 14.2. The molecule has 2 aromatic heterocycles. The first kappa shape index (κ1) is 17.9. The Bertz CT molecular complexity index is 686. The van der Waals surface area contributed by atoms with Crippen LogP contribution < -0.4 is 10.6 Å². The Morgan fingerprint density at radius 3 is 2.58 bits per heavy atom. The molecule has 2 aromatic rings. The maximum absolute atomic E-state index is 12.8. The van der Waals surface area contributed by atoms with Crippen molar-refractivity contribution in [2.75, 3.05) is 7.05 Å². The minimum Gasteiger partial charge on any atom is -0.443 e. The van der Waals surface area contributed by atoms with Gasteiger partial charge >= 0.3 is 6.55 Å². The maximum Gasteiger partial charge on any atom is 0.319 e. The lowest BCUT2D eigenvalue weighted by Gasteiger charge is -2.13. The highest BCUT2D eigenvalue weighted by molar-refractivity contribution is 5.79. The molecule has 0 radical (unpaired) electrons. The molecule has 132 valence electrons. The predicted octanol–water partition coefficient (Wildman–Crippen LogP) is 2.43. The molecule has 7 nitrogen and oxygen atoms in total. The Balaban J connectivity index is 1.89. The number of nitrogens with zero attached hydrogens (tertiary/aromatic N) is 4. The van der Waals surface area contributed by atoms with Crippen LogP contribution in [-0.2, 0) is 18.5 Å². The van der Waals surface area contributed by atoms with Crippen LogP contribution in [0.5, 0.6) is 0 Å². The van der Waals surface area contributed by atoms with Crippen molar-refractivity contribution in [1.82, 2.24) is 25.2 Å². The van der Waals surface area contributed by atoms with Gasteiger partial charge in [0.2, 0.25) is 5.89 Å². The zero-order chi connectivity index (χ0) is 17.7. The average Bonchev–Trinajstić information content (AvgIpc) is 3.15. The van der Waals surface area contributed by atoms with Gasteiger partial charge in [-0.15, -0.1) is 0 Å². The third kappa shape index (κ3) is 4.53. The largest absolute Gasteiger partial charge is 0.443 e. The number of rotatable bonds is 5. The van der Waals surface area contributed by atoms with Crippen molar-refractivity contribution >= 4 is 5.96 Å². The SMILES string of the molecule is CN=C(NCc1ncc(C(C)(C)C)o1)NCc1nccn1C(F)F. The molecule has 0 saturated carbocycles. The van der Waals surface area contributed by atoms with Crippen molar-refractivity contribution in [2.45, 2.75) is 45.8 Å². The van der Waals surface area contributed by atoms with Gasteiger partial charge in [0.05, 0.1) is 19.3 Å². The Hall–Kier alpha value is -2.45. The first-order valence-electron chi connectivity index (χ1n) is 7.51. The summed E-state index contributed by atoms with van der Waals surface area (Å²) in [4.78, 5) is 12.1. The van der Waals surface area contributed by atoms with Crippen molar-refractivity contribution in [3.8, 4) is 0 Å². The molecule has 0 aromatic carbocycles. The molecule has 0 unspecified atom stereocenters. The summed E-state index contributed by atoms with van der Waals surface area (Å²) >= 11 is 0. The number of alkyl halides is 2. The molecule has 2 heterocycles. The van der Waals surface area contributed by atoms with Crippen LogP contribution in [0.2, 0.25) is 0 Å². The lowest BCUT2D eigenvalue weighted by atomic mass is 9.94. The minimum absolute atomic E-state index is 0.114. The van der Waals surface area contributed by atoms with Gasteiger partial charge in [-0.25, -0.2) is 9.97 Å². The summed E-state index contributed by atoms with van der Waals surface area (Å²) in [6.45, 7) is 3.94. The monoisotopic (exact) mass is 340 g/mol. The average molecular weight is 340 g/mol. The Labute approximate surface area is 139 Å². The van der Waals surface area contributed by atoms with Crippen LogP contribution in [0.15, 0.2) is 28.0 Å². The van der Waals surface area contributed by atoms with Crippen molar-refractivity contribution in [1.29, 1.82) is 0 Å². The van der Waals surface area contributed by atoms with E-state index in [1.54, 1.807) is 13.2 Å². The molecule has 0 bridgehead atoms. The molecule has 24 heavy (non-hydrogen) atoms. The van der Waals surface area contributed by atoms with E-state index in [4.69, 9.17) is 4.42 Å². The maximum atomic E-state index is 12.8. The number of hydrogen-bond acceptors (Lipinski definition) is 4. The molecule has 9 heteroatoms. The van der Waals surface area contributed by atoms with Crippen molar-refractivity contribution < 1.29 is 13.2 Å². The first-order valence-corrected chi connectivity index (χ1v) is 7.51. The van der Waals surface area contributed by atoms with Crippen LogP contribution in [-0.4, -0.2) is 27.5 Å². The molecule has 0 spiro atoms. The second-order valence-electron chi connectivity index (χ2n) is 6.18. The van der Waals surface area contributed by atoms with E-state index < -0.39 is 6.55 Å². The molecule has 0 atom stereocenters. The van der Waals surface area contributed by atoms with E-state index >= 15 is 0 Å². The van der Waals surface area contributed by atoms with E-state index in [1.807, 2.05) is 20.8 Å².